The Morgan fingerprint density at radius 1 is 1.31 bits per heavy atom. The average Bonchev–Trinajstić information content (AvgIpc) is 3.06. The minimum absolute atomic E-state index is 0.0481. The molecule has 0 bridgehead atoms. The van der Waals surface area contributed by atoms with Crippen LogP contribution in [0, 0.1) is 5.41 Å². The molecule has 0 saturated heterocycles. The van der Waals surface area contributed by atoms with Gasteiger partial charge in [0.2, 0.25) is 11.7 Å². The zero-order chi connectivity index (χ0) is 21.4. The van der Waals surface area contributed by atoms with Crippen LogP contribution in [0.4, 0.5) is 13.2 Å². The smallest absolute Gasteiger partial charge is 0.471 e. The zero-order valence-corrected chi connectivity index (χ0v) is 16.5. The molecule has 0 spiro atoms. The van der Waals surface area contributed by atoms with E-state index in [4.69, 9.17) is 9.47 Å². The molecule has 2 heterocycles. The third-order valence-corrected chi connectivity index (χ3v) is 4.47. The summed E-state index contributed by atoms with van der Waals surface area (Å²) < 4.78 is 53.5. The minimum atomic E-state index is -4.71. The summed E-state index contributed by atoms with van der Waals surface area (Å²) in [6.45, 7) is 6.28. The molecule has 1 amide bonds. The number of alkyl halides is 3. The van der Waals surface area contributed by atoms with Crippen LogP contribution in [-0.2, 0) is 22.3 Å². The Morgan fingerprint density at radius 3 is 2.62 bits per heavy atom. The molecule has 158 valence electrons. The van der Waals surface area contributed by atoms with E-state index in [9.17, 15) is 18.0 Å². The summed E-state index contributed by atoms with van der Waals surface area (Å²) >= 11 is 0. The van der Waals surface area contributed by atoms with Gasteiger partial charge in [-0.3, -0.25) is 4.79 Å². The van der Waals surface area contributed by atoms with Gasteiger partial charge in [0, 0.05) is 30.2 Å². The number of hydrogen-bond donors (Lipinski definition) is 0. The Balaban J connectivity index is 1.92. The average molecular weight is 413 g/mol. The van der Waals surface area contributed by atoms with Crippen molar-refractivity contribution in [3.05, 3.63) is 29.7 Å². The van der Waals surface area contributed by atoms with Crippen molar-refractivity contribution in [1.82, 2.24) is 15.0 Å². The monoisotopic (exact) mass is 413 g/mol. The Bertz CT molecular complexity index is 890. The van der Waals surface area contributed by atoms with Crippen LogP contribution in [0.5, 0.6) is 5.75 Å². The molecule has 0 radical (unpaired) electrons. The van der Waals surface area contributed by atoms with Gasteiger partial charge in [0.05, 0.1) is 12.6 Å². The van der Waals surface area contributed by atoms with Gasteiger partial charge < -0.3 is 18.9 Å². The van der Waals surface area contributed by atoms with E-state index >= 15 is 0 Å². The van der Waals surface area contributed by atoms with Crippen LogP contribution in [0.1, 0.15) is 32.2 Å². The molecule has 1 aromatic carbocycles. The number of carbonyl (C=O) groups is 1. The molecule has 1 atom stereocenters. The van der Waals surface area contributed by atoms with E-state index in [1.165, 1.54) is 0 Å². The van der Waals surface area contributed by atoms with Crippen LogP contribution in [-0.4, -0.2) is 47.3 Å². The zero-order valence-electron chi connectivity index (χ0n) is 16.5. The van der Waals surface area contributed by atoms with E-state index in [0.717, 1.165) is 5.56 Å². The number of fused-ring (bicyclic) bond motifs is 1. The molecule has 10 heteroatoms. The van der Waals surface area contributed by atoms with Gasteiger partial charge in [0.25, 0.3) is 0 Å². The molecule has 1 aliphatic rings. The van der Waals surface area contributed by atoms with E-state index in [2.05, 4.69) is 14.7 Å². The van der Waals surface area contributed by atoms with E-state index in [-0.39, 0.29) is 24.4 Å². The number of benzene rings is 1. The third-order valence-electron chi connectivity index (χ3n) is 4.47. The first-order chi connectivity index (χ1) is 13.5. The number of amides is 1. The number of halogens is 3. The summed E-state index contributed by atoms with van der Waals surface area (Å²) in [5.74, 6) is -1.20. The Kier molecular flexibility index (Phi) is 5.57. The van der Waals surface area contributed by atoms with Crippen molar-refractivity contribution < 1.29 is 32.0 Å². The molecular weight excluding hydrogens is 391 g/mol. The maximum absolute atomic E-state index is 12.9. The van der Waals surface area contributed by atoms with E-state index in [1.54, 1.807) is 30.2 Å². The van der Waals surface area contributed by atoms with Crippen LogP contribution in [0.25, 0.3) is 11.4 Å². The number of ether oxygens (including phenoxy) is 2. The van der Waals surface area contributed by atoms with Crippen molar-refractivity contribution >= 4 is 5.91 Å². The van der Waals surface area contributed by atoms with Gasteiger partial charge in [0.15, 0.2) is 0 Å². The van der Waals surface area contributed by atoms with Crippen molar-refractivity contribution in [2.24, 2.45) is 5.41 Å². The molecule has 29 heavy (non-hydrogen) atoms. The Hall–Kier alpha value is -2.62. The third kappa shape index (κ3) is 4.52. The van der Waals surface area contributed by atoms with Gasteiger partial charge in [0.1, 0.15) is 12.4 Å². The fourth-order valence-electron chi connectivity index (χ4n) is 3.00. The second-order valence-electron chi connectivity index (χ2n) is 7.85. The summed E-state index contributed by atoms with van der Waals surface area (Å²) in [7, 11) is 1.55. The quantitative estimate of drug-likeness (QED) is 0.766. The van der Waals surface area contributed by atoms with E-state index in [0.29, 0.717) is 24.5 Å². The number of methoxy groups -OCH3 is 1. The van der Waals surface area contributed by atoms with Gasteiger partial charge in [-0.15, -0.1) is 0 Å². The first kappa shape index (κ1) is 21.1. The molecule has 1 aliphatic heterocycles. The molecule has 0 fully saturated rings. The highest BCUT2D eigenvalue weighted by molar-refractivity contribution is 5.82. The van der Waals surface area contributed by atoms with Gasteiger partial charge in [-0.05, 0) is 6.07 Å². The maximum Gasteiger partial charge on any atom is 0.471 e. The Labute approximate surface area is 165 Å². The topological polar surface area (TPSA) is 77.7 Å². The Morgan fingerprint density at radius 2 is 2.03 bits per heavy atom. The lowest BCUT2D eigenvalue weighted by Crippen LogP contribution is -2.48. The van der Waals surface area contributed by atoms with Gasteiger partial charge in [-0.2, -0.15) is 18.2 Å². The summed E-state index contributed by atoms with van der Waals surface area (Å²) in [5, 5.41) is 3.40. The fraction of sp³-hybridized carbons (Fsp3) is 0.526. The molecular formula is C19H22F3N3O4. The van der Waals surface area contributed by atoms with Crippen LogP contribution in [0.2, 0.25) is 0 Å². The largest absolute Gasteiger partial charge is 0.491 e. The molecule has 0 unspecified atom stereocenters. The standard InChI is InChI=1S/C19H22F3N3O4/c1-18(2,3)17(26)25-8-12-6-5-11(7-14(12)28-10-13(25)9-27-4)15-23-16(29-24-15)19(20,21)22/h5-7,13H,8-10H2,1-4H3/t13-/m0/s1. The highest BCUT2D eigenvalue weighted by Crippen LogP contribution is 2.33. The first-order valence-corrected chi connectivity index (χ1v) is 8.97. The van der Waals surface area contributed by atoms with Crippen molar-refractivity contribution in [2.75, 3.05) is 20.3 Å². The van der Waals surface area contributed by atoms with Crippen LogP contribution in [0.3, 0.4) is 0 Å². The van der Waals surface area contributed by atoms with Gasteiger partial charge >= 0.3 is 12.1 Å². The lowest BCUT2D eigenvalue weighted by Gasteiger charge is -2.33. The summed E-state index contributed by atoms with van der Waals surface area (Å²) in [6, 6.07) is 4.51. The van der Waals surface area contributed by atoms with Crippen molar-refractivity contribution in [2.45, 2.75) is 39.5 Å². The highest BCUT2D eigenvalue weighted by atomic mass is 19.4. The summed E-state index contributed by atoms with van der Waals surface area (Å²) in [5.41, 5.74) is 0.459. The predicted octanol–water partition coefficient (Wildman–Crippen LogP) is 3.54. The first-order valence-electron chi connectivity index (χ1n) is 8.97. The summed E-state index contributed by atoms with van der Waals surface area (Å²) in [6.07, 6.45) is -4.71. The molecule has 0 aliphatic carbocycles. The van der Waals surface area contributed by atoms with Crippen molar-refractivity contribution in [3.8, 4) is 17.1 Å². The number of nitrogens with zero attached hydrogens (tertiary/aromatic N) is 3. The summed E-state index contributed by atoms with van der Waals surface area (Å²) in [4.78, 5) is 18.0. The number of carbonyl (C=O) groups excluding carboxylic acids is 1. The second-order valence-corrected chi connectivity index (χ2v) is 7.85. The normalized spacial score (nSPS) is 17.5. The number of rotatable bonds is 3. The SMILES string of the molecule is COC[C@H]1COc2cc(-c3noc(C(F)(F)F)n3)ccc2CN1C(=O)C(C)(C)C. The van der Waals surface area contributed by atoms with Gasteiger partial charge in [-0.1, -0.05) is 38.1 Å². The minimum Gasteiger partial charge on any atom is -0.491 e. The van der Waals surface area contributed by atoms with Gasteiger partial charge in [-0.25, -0.2) is 0 Å². The van der Waals surface area contributed by atoms with E-state index < -0.39 is 17.5 Å². The second kappa shape index (κ2) is 7.66. The molecule has 0 saturated carbocycles. The maximum atomic E-state index is 12.9. The van der Waals surface area contributed by atoms with Crippen molar-refractivity contribution in [3.63, 3.8) is 0 Å². The molecule has 0 N–H and O–H groups in total. The molecule has 7 nitrogen and oxygen atoms in total. The number of aromatic nitrogens is 2. The van der Waals surface area contributed by atoms with Crippen molar-refractivity contribution in [1.29, 1.82) is 0 Å². The van der Waals surface area contributed by atoms with Crippen LogP contribution >= 0.6 is 0 Å². The molecule has 2 aromatic rings. The lowest BCUT2D eigenvalue weighted by atomic mass is 9.93. The lowest BCUT2D eigenvalue weighted by molar-refractivity contribution is -0.159. The highest BCUT2D eigenvalue weighted by Gasteiger charge is 2.39. The predicted molar refractivity (Wildman–Crippen MR) is 95.9 cm³/mol. The number of hydrogen-bond acceptors (Lipinski definition) is 6. The molecule has 1 aromatic heterocycles. The van der Waals surface area contributed by atoms with E-state index in [1.807, 2.05) is 20.8 Å². The van der Waals surface area contributed by atoms with Crippen LogP contribution in [0.15, 0.2) is 22.7 Å². The van der Waals surface area contributed by atoms with Crippen LogP contribution < -0.4 is 4.74 Å². The fourth-order valence-corrected chi connectivity index (χ4v) is 3.00. The molecule has 3 rings (SSSR count).